The average molecular weight is 323 g/mol. The van der Waals surface area contributed by atoms with Gasteiger partial charge in [0, 0.05) is 5.88 Å². The molecule has 0 nitrogen and oxygen atoms in total. The Balaban J connectivity index is 2.58. The van der Waals surface area contributed by atoms with Crippen LogP contribution >= 0.6 is 11.6 Å². The Morgan fingerprint density at radius 3 is 1.67 bits per heavy atom. The molecular formula is C17H17ClF2Si. The molecule has 0 saturated carbocycles. The number of hydrogen-bond donors (Lipinski definition) is 0. The first kappa shape index (κ1) is 15.9. The molecule has 0 aliphatic carbocycles. The third-order valence-electron chi connectivity index (χ3n) is 3.81. The summed E-state index contributed by atoms with van der Waals surface area (Å²) in [5.41, 5.74) is 0. The highest BCUT2D eigenvalue weighted by Gasteiger charge is 2.35. The summed E-state index contributed by atoms with van der Waals surface area (Å²) in [5.74, 6) is -0.00934. The maximum Gasteiger partial charge on any atom is 0.123 e. The molecule has 2 rings (SSSR count). The molecule has 0 aliphatic heterocycles. The van der Waals surface area contributed by atoms with Gasteiger partial charge in [-0.3, -0.25) is 0 Å². The summed E-state index contributed by atoms with van der Waals surface area (Å²) in [6.07, 6.45) is 1.88. The first-order valence-corrected chi connectivity index (χ1v) is 9.76. The molecule has 0 bridgehead atoms. The van der Waals surface area contributed by atoms with E-state index >= 15 is 0 Å². The quantitative estimate of drug-likeness (QED) is 0.429. The highest BCUT2D eigenvalue weighted by molar-refractivity contribution is 7.02. The second-order valence-electron chi connectivity index (χ2n) is 5.03. The maximum atomic E-state index is 13.2. The van der Waals surface area contributed by atoms with E-state index in [1.54, 1.807) is 0 Å². The summed E-state index contributed by atoms with van der Waals surface area (Å²) in [6.45, 7) is 3.86. The Morgan fingerprint density at radius 1 is 0.905 bits per heavy atom. The third kappa shape index (κ3) is 3.42. The van der Waals surface area contributed by atoms with E-state index in [-0.39, 0.29) is 11.6 Å². The number of rotatable bonds is 6. The summed E-state index contributed by atoms with van der Waals surface area (Å²) in [4.78, 5) is 0. The molecule has 0 spiro atoms. The maximum absolute atomic E-state index is 13.2. The van der Waals surface area contributed by atoms with Gasteiger partial charge in [0.1, 0.15) is 19.7 Å². The fourth-order valence-electron chi connectivity index (χ4n) is 2.74. The first-order chi connectivity index (χ1) is 10.1. The van der Waals surface area contributed by atoms with Gasteiger partial charge in [-0.05, 0) is 36.4 Å². The van der Waals surface area contributed by atoms with Crippen LogP contribution in [0.25, 0.3) is 0 Å². The molecule has 0 unspecified atom stereocenters. The molecule has 21 heavy (non-hydrogen) atoms. The summed E-state index contributed by atoms with van der Waals surface area (Å²) < 4.78 is 26.4. The molecule has 110 valence electrons. The summed E-state index contributed by atoms with van der Waals surface area (Å²) in [6, 6.07) is 14.8. The van der Waals surface area contributed by atoms with Crippen LogP contribution in [0.4, 0.5) is 8.78 Å². The van der Waals surface area contributed by atoms with Gasteiger partial charge < -0.3 is 0 Å². The lowest BCUT2D eigenvalue weighted by atomic mass is 10.3. The molecule has 0 amide bonds. The fourth-order valence-corrected chi connectivity index (χ4v) is 7.72. The van der Waals surface area contributed by atoms with Crippen molar-refractivity contribution in [1.82, 2.24) is 0 Å². The minimum atomic E-state index is -2.18. The van der Waals surface area contributed by atoms with E-state index in [0.29, 0.717) is 5.88 Å². The topological polar surface area (TPSA) is 0 Å². The lowest BCUT2D eigenvalue weighted by Gasteiger charge is -2.31. The Morgan fingerprint density at radius 2 is 1.33 bits per heavy atom. The number of halogens is 3. The van der Waals surface area contributed by atoms with Crippen molar-refractivity contribution in [3.63, 3.8) is 0 Å². The van der Waals surface area contributed by atoms with Crippen molar-refractivity contribution >= 4 is 30.0 Å². The average Bonchev–Trinajstić information content (AvgIpc) is 2.48. The van der Waals surface area contributed by atoms with Gasteiger partial charge in [-0.15, -0.1) is 18.2 Å². The monoisotopic (exact) mass is 322 g/mol. The van der Waals surface area contributed by atoms with Crippen LogP contribution in [-0.2, 0) is 0 Å². The molecule has 0 aliphatic rings. The van der Waals surface area contributed by atoms with Crippen LogP contribution in [-0.4, -0.2) is 14.0 Å². The van der Waals surface area contributed by atoms with Crippen molar-refractivity contribution in [3.05, 3.63) is 72.8 Å². The fraction of sp³-hybridized carbons (Fsp3) is 0.176. The van der Waals surface area contributed by atoms with E-state index in [1.807, 2.05) is 30.3 Å². The van der Waals surface area contributed by atoms with Crippen LogP contribution in [0.3, 0.4) is 0 Å². The molecule has 0 N–H and O–H groups in total. The van der Waals surface area contributed by atoms with Crippen molar-refractivity contribution in [2.75, 3.05) is 5.88 Å². The normalized spacial score (nSPS) is 11.4. The van der Waals surface area contributed by atoms with Gasteiger partial charge in [0.25, 0.3) is 0 Å². The predicted octanol–water partition coefficient (Wildman–Crippen LogP) is 3.95. The highest BCUT2D eigenvalue weighted by Crippen LogP contribution is 2.19. The van der Waals surface area contributed by atoms with Gasteiger partial charge in [0.2, 0.25) is 0 Å². The van der Waals surface area contributed by atoms with Gasteiger partial charge in [0.05, 0.1) is 0 Å². The summed E-state index contributed by atoms with van der Waals surface area (Å²) >= 11 is 6.04. The van der Waals surface area contributed by atoms with Gasteiger partial charge in [-0.2, -0.15) is 0 Å². The van der Waals surface area contributed by atoms with Gasteiger partial charge in [0.15, 0.2) is 0 Å². The molecule has 0 aromatic heterocycles. The standard InChI is InChI=1S/C17H17ClF2Si/c1-2-12-21(13-11-18,16-7-3-14(19)4-8-16)17-9-5-15(20)6-10-17/h2-10H,1,11-13H2. The highest BCUT2D eigenvalue weighted by atomic mass is 35.5. The van der Waals surface area contributed by atoms with E-state index in [1.165, 1.54) is 24.3 Å². The zero-order chi connectivity index (χ0) is 15.3. The molecule has 0 radical (unpaired) electrons. The molecular weight excluding hydrogens is 306 g/mol. The van der Waals surface area contributed by atoms with E-state index < -0.39 is 8.07 Å². The Kier molecular flexibility index (Phi) is 5.31. The molecule has 0 heterocycles. The van der Waals surface area contributed by atoms with E-state index in [0.717, 1.165) is 22.5 Å². The minimum absolute atomic E-state index is 0.259. The zero-order valence-electron chi connectivity index (χ0n) is 11.7. The van der Waals surface area contributed by atoms with Crippen molar-refractivity contribution in [2.24, 2.45) is 0 Å². The Bertz CT molecular complexity index is 548. The van der Waals surface area contributed by atoms with Gasteiger partial charge >= 0.3 is 0 Å². The van der Waals surface area contributed by atoms with Crippen LogP contribution in [0, 0.1) is 11.6 Å². The van der Waals surface area contributed by atoms with Crippen LogP contribution < -0.4 is 10.4 Å². The number of allylic oxidation sites excluding steroid dienone is 1. The smallest absolute Gasteiger partial charge is 0.123 e. The Labute approximate surface area is 130 Å². The molecule has 0 saturated heterocycles. The van der Waals surface area contributed by atoms with Crippen molar-refractivity contribution in [3.8, 4) is 0 Å². The first-order valence-electron chi connectivity index (χ1n) is 6.81. The van der Waals surface area contributed by atoms with Crippen LogP contribution in [0.15, 0.2) is 61.2 Å². The van der Waals surface area contributed by atoms with E-state index in [4.69, 9.17) is 11.6 Å². The second-order valence-corrected chi connectivity index (χ2v) is 9.63. The summed E-state index contributed by atoms with van der Waals surface area (Å²) in [5, 5.41) is 2.19. The lowest BCUT2D eigenvalue weighted by Crippen LogP contribution is -2.58. The molecule has 2 aromatic rings. The molecule has 0 fully saturated rings. The summed E-state index contributed by atoms with van der Waals surface area (Å²) in [7, 11) is -2.18. The van der Waals surface area contributed by atoms with Crippen molar-refractivity contribution < 1.29 is 8.78 Å². The number of benzene rings is 2. The zero-order valence-corrected chi connectivity index (χ0v) is 13.4. The van der Waals surface area contributed by atoms with Crippen LogP contribution in [0.1, 0.15) is 0 Å². The Hall–Kier alpha value is -1.45. The second kappa shape index (κ2) is 7.01. The van der Waals surface area contributed by atoms with Crippen LogP contribution in [0.2, 0.25) is 12.1 Å². The predicted molar refractivity (Wildman–Crippen MR) is 88.4 cm³/mol. The van der Waals surface area contributed by atoms with Gasteiger partial charge in [-0.1, -0.05) is 40.7 Å². The van der Waals surface area contributed by atoms with Crippen molar-refractivity contribution in [2.45, 2.75) is 12.1 Å². The van der Waals surface area contributed by atoms with Gasteiger partial charge in [-0.25, -0.2) is 8.78 Å². The van der Waals surface area contributed by atoms with Crippen molar-refractivity contribution in [1.29, 1.82) is 0 Å². The lowest BCUT2D eigenvalue weighted by molar-refractivity contribution is 0.628. The SMILES string of the molecule is C=CC[Si](CCCl)(c1ccc(F)cc1)c1ccc(F)cc1. The van der Waals surface area contributed by atoms with E-state index in [2.05, 4.69) is 6.58 Å². The number of hydrogen-bond acceptors (Lipinski definition) is 0. The third-order valence-corrected chi connectivity index (χ3v) is 9.28. The van der Waals surface area contributed by atoms with Crippen LogP contribution in [0.5, 0.6) is 0 Å². The molecule has 0 atom stereocenters. The largest absolute Gasteiger partial charge is 0.207 e. The minimum Gasteiger partial charge on any atom is -0.207 e. The molecule has 4 heteroatoms. The van der Waals surface area contributed by atoms with E-state index in [9.17, 15) is 8.78 Å². The molecule has 2 aromatic carbocycles. The number of alkyl halides is 1.